The summed E-state index contributed by atoms with van der Waals surface area (Å²) in [5.41, 5.74) is 0. The number of piperidine rings is 1. The number of hydrogen-bond donors (Lipinski definition) is 2. The van der Waals surface area contributed by atoms with Gasteiger partial charge in [0.2, 0.25) is 0 Å². The van der Waals surface area contributed by atoms with E-state index in [0.29, 0.717) is 32.5 Å². The number of likely N-dealkylation sites (tertiary alicyclic amines) is 1. The second-order valence-electron chi connectivity index (χ2n) is 5.31. The zero-order chi connectivity index (χ0) is 15.2. The van der Waals surface area contributed by atoms with E-state index in [1.165, 1.54) is 0 Å². The van der Waals surface area contributed by atoms with Crippen LogP contribution in [0.25, 0.3) is 0 Å². The fourth-order valence-electron chi connectivity index (χ4n) is 2.47. The van der Waals surface area contributed by atoms with Crippen LogP contribution in [0.4, 0.5) is 13.2 Å². The third kappa shape index (κ3) is 5.66. The molecule has 20 heavy (non-hydrogen) atoms. The Labute approximate surface area is 117 Å². The first-order valence-corrected chi connectivity index (χ1v) is 7.09. The zero-order valence-electron chi connectivity index (χ0n) is 11.7. The number of nitrogens with one attached hydrogen (secondary N) is 1. The van der Waals surface area contributed by atoms with Gasteiger partial charge in [-0.05, 0) is 38.8 Å². The first-order valence-electron chi connectivity index (χ1n) is 7.09. The molecule has 0 saturated carbocycles. The molecule has 1 aliphatic rings. The van der Waals surface area contributed by atoms with Crippen molar-refractivity contribution in [3.63, 3.8) is 0 Å². The van der Waals surface area contributed by atoms with Gasteiger partial charge in [-0.3, -0.25) is 4.79 Å². The van der Waals surface area contributed by atoms with Crippen LogP contribution in [-0.4, -0.2) is 54.4 Å². The van der Waals surface area contributed by atoms with E-state index < -0.39 is 24.1 Å². The Bertz CT molecular complexity index is 310. The number of rotatable bonds is 7. The van der Waals surface area contributed by atoms with Crippen LogP contribution in [-0.2, 0) is 4.79 Å². The van der Waals surface area contributed by atoms with Gasteiger partial charge in [-0.1, -0.05) is 6.92 Å². The molecule has 0 aromatic heterocycles. The highest BCUT2D eigenvalue weighted by atomic mass is 19.4. The molecule has 2 atom stereocenters. The summed E-state index contributed by atoms with van der Waals surface area (Å²) < 4.78 is 38.0. The predicted molar refractivity (Wildman–Crippen MR) is 69.6 cm³/mol. The minimum absolute atomic E-state index is 0.0103. The van der Waals surface area contributed by atoms with Gasteiger partial charge in [-0.25, -0.2) is 0 Å². The van der Waals surface area contributed by atoms with E-state index in [1.54, 1.807) is 4.90 Å². The molecule has 0 aromatic rings. The van der Waals surface area contributed by atoms with E-state index in [1.807, 2.05) is 6.92 Å². The van der Waals surface area contributed by atoms with Gasteiger partial charge < -0.3 is 15.3 Å². The molecular weight excluding hydrogens is 273 g/mol. The largest absolute Gasteiger partial charge is 0.480 e. The SMILES string of the molecule is CCCNC(CCN1CCCC(C(F)(F)F)C1)C(=O)O. The quantitative estimate of drug-likeness (QED) is 0.755. The van der Waals surface area contributed by atoms with Gasteiger partial charge in [0.15, 0.2) is 0 Å². The van der Waals surface area contributed by atoms with Crippen LogP contribution in [0.5, 0.6) is 0 Å². The van der Waals surface area contributed by atoms with E-state index in [4.69, 9.17) is 5.11 Å². The van der Waals surface area contributed by atoms with E-state index in [2.05, 4.69) is 5.32 Å². The molecule has 118 valence electrons. The first kappa shape index (κ1) is 17.2. The number of carbonyl (C=O) groups is 1. The van der Waals surface area contributed by atoms with Gasteiger partial charge in [0.1, 0.15) is 6.04 Å². The number of carboxylic acid groups (broad SMARTS) is 1. The number of aliphatic carboxylic acids is 1. The van der Waals surface area contributed by atoms with E-state index in [9.17, 15) is 18.0 Å². The summed E-state index contributed by atoms with van der Waals surface area (Å²) in [6.07, 6.45) is -2.30. The molecule has 1 heterocycles. The summed E-state index contributed by atoms with van der Waals surface area (Å²) in [6.45, 7) is 3.53. The lowest BCUT2D eigenvalue weighted by atomic mass is 9.97. The molecule has 0 spiro atoms. The normalized spacial score (nSPS) is 22.7. The maximum absolute atomic E-state index is 12.7. The summed E-state index contributed by atoms with van der Waals surface area (Å²) in [5, 5.41) is 12.0. The summed E-state index contributed by atoms with van der Waals surface area (Å²) in [4.78, 5) is 12.8. The Balaban J connectivity index is 2.41. The zero-order valence-corrected chi connectivity index (χ0v) is 11.7. The standard InChI is InChI=1S/C13H23F3N2O2/c1-2-6-17-11(12(19)20)5-8-18-7-3-4-10(9-18)13(14,15)16/h10-11,17H,2-9H2,1H3,(H,19,20). The Morgan fingerprint density at radius 2 is 2.20 bits per heavy atom. The molecule has 0 amide bonds. The van der Waals surface area contributed by atoms with Crippen molar-refractivity contribution in [3.05, 3.63) is 0 Å². The molecule has 0 aromatic carbocycles. The van der Waals surface area contributed by atoms with Crippen LogP contribution in [0.2, 0.25) is 0 Å². The fraction of sp³-hybridized carbons (Fsp3) is 0.923. The lowest BCUT2D eigenvalue weighted by molar-refractivity contribution is -0.186. The summed E-state index contributed by atoms with van der Waals surface area (Å²) in [7, 11) is 0. The van der Waals surface area contributed by atoms with E-state index in [0.717, 1.165) is 6.42 Å². The molecule has 1 saturated heterocycles. The highest BCUT2D eigenvalue weighted by Crippen LogP contribution is 2.33. The van der Waals surface area contributed by atoms with Gasteiger partial charge in [0.05, 0.1) is 5.92 Å². The van der Waals surface area contributed by atoms with Crippen molar-refractivity contribution in [3.8, 4) is 0 Å². The van der Waals surface area contributed by atoms with Crippen LogP contribution < -0.4 is 5.32 Å². The predicted octanol–water partition coefficient (Wildman–Crippen LogP) is 2.10. The van der Waals surface area contributed by atoms with Crippen molar-refractivity contribution in [2.24, 2.45) is 5.92 Å². The molecule has 4 nitrogen and oxygen atoms in total. The van der Waals surface area contributed by atoms with Crippen molar-refractivity contribution < 1.29 is 23.1 Å². The summed E-state index contributed by atoms with van der Waals surface area (Å²) in [5.74, 6) is -2.22. The van der Waals surface area contributed by atoms with Crippen LogP contribution in [0.1, 0.15) is 32.6 Å². The smallest absolute Gasteiger partial charge is 0.393 e. The highest BCUT2D eigenvalue weighted by Gasteiger charge is 2.41. The number of halogens is 3. The molecule has 1 rings (SSSR count). The Morgan fingerprint density at radius 3 is 2.75 bits per heavy atom. The first-order chi connectivity index (χ1) is 9.34. The third-order valence-electron chi connectivity index (χ3n) is 3.64. The van der Waals surface area contributed by atoms with Gasteiger partial charge in [-0.15, -0.1) is 0 Å². The van der Waals surface area contributed by atoms with E-state index >= 15 is 0 Å². The average Bonchev–Trinajstić information content (AvgIpc) is 2.37. The van der Waals surface area contributed by atoms with Crippen LogP contribution in [0, 0.1) is 5.92 Å². The number of carboxylic acids is 1. The van der Waals surface area contributed by atoms with Crippen LogP contribution >= 0.6 is 0 Å². The second kappa shape index (κ2) is 7.83. The van der Waals surface area contributed by atoms with Crippen molar-refractivity contribution in [1.82, 2.24) is 10.2 Å². The highest BCUT2D eigenvalue weighted by molar-refractivity contribution is 5.73. The lowest BCUT2D eigenvalue weighted by Crippen LogP contribution is -2.45. The third-order valence-corrected chi connectivity index (χ3v) is 3.64. The topological polar surface area (TPSA) is 52.6 Å². The number of hydrogen-bond acceptors (Lipinski definition) is 3. The van der Waals surface area contributed by atoms with Gasteiger partial charge in [0, 0.05) is 13.1 Å². The second-order valence-corrected chi connectivity index (χ2v) is 5.31. The van der Waals surface area contributed by atoms with E-state index in [-0.39, 0.29) is 13.0 Å². The molecule has 2 N–H and O–H groups in total. The summed E-state index contributed by atoms with van der Waals surface area (Å²) in [6, 6.07) is -0.679. The monoisotopic (exact) mass is 296 g/mol. The molecule has 1 aliphatic heterocycles. The van der Waals surface area contributed by atoms with Crippen LogP contribution in [0.3, 0.4) is 0 Å². The Morgan fingerprint density at radius 1 is 1.50 bits per heavy atom. The summed E-state index contributed by atoms with van der Waals surface area (Å²) >= 11 is 0. The van der Waals surface area contributed by atoms with Gasteiger partial charge >= 0.3 is 12.1 Å². The molecule has 7 heteroatoms. The minimum Gasteiger partial charge on any atom is -0.480 e. The number of alkyl halides is 3. The maximum atomic E-state index is 12.7. The molecule has 0 aliphatic carbocycles. The van der Waals surface area contributed by atoms with Crippen LogP contribution in [0.15, 0.2) is 0 Å². The van der Waals surface area contributed by atoms with Crippen molar-refractivity contribution >= 4 is 5.97 Å². The van der Waals surface area contributed by atoms with Crippen molar-refractivity contribution in [1.29, 1.82) is 0 Å². The van der Waals surface area contributed by atoms with Crippen molar-refractivity contribution in [2.75, 3.05) is 26.2 Å². The van der Waals surface area contributed by atoms with Crippen molar-refractivity contribution in [2.45, 2.75) is 44.8 Å². The minimum atomic E-state index is -4.15. The Kier molecular flexibility index (Phi) is 6.75. The van der Waals surface area contributed by atoms with Gasteiger partial charge in [0.25, 0.3) is 0 Å². The average molecular weight is 296 g/mol. The number of nitrogens with zero attached hydrogens (tertiary/aromatic N) is 1. The molecule has 0 bridgehead atoms. The van der Waals surface area contributed by atoms with Gasteiger partial charge in [-0.2, -0.15) is 13.2 Å². The molecular formula is C13H23F3N2O2. The molecule has 2 unspecified atom stereocenters. The molecule has 1 fully saturated rings. The maximum Gasteiger partial charge on any atom is 0.393 e. The lowest BCUT2D eigenvalue weighted by Gasteiger charge is -2.34. The Hall–Kier alpha value is -0.820. The fourth-order valence-corrected chi connectivity index (χ4v) is 2.47. The molecule has 0 radical (unpaired) electrons.